The van der Waals surface area contributed by atoms with Gasteiger partial charge in [-0.2, -0.15) is 0 Å². The second-order valence-corrected chi connectivity index (χ2v) is 7.87. The Morgan fingerprint density at radius 3 is 1.74 bits per heavy atom. The first-order chi connectivity index (χ1) is 10.3. The first kappa shape index (κ1) is 21.5. The second kappa shape index (κ2) is 8.41. The van der Waals surface area contributed by atoms with Crippen LogP contribution in [0, 0.1) is 0 Å². The minimum atomic E-state index is -0.561. The first-order valence-corrected chi connectivity index (χ1v) is 8.30. The average molecular weight is 330 g/mol. The maximum Gasteiger partial charge on any atom is 0.408 e. The molecule has 6 heteroatoms. The fourth-order valence-corrected chi connectivity index (χ4v) is 2.14. The van der Waals surface area contributed by atoms with E-state index in [1.165, 1.54) is 0 Å². The number of nitrogens with one attached hydrogen (secondary N) is 2. The fourth-order valence-electron chi connectivity index (χ4n) is 2.14. The molecule has 2 N–H and O–H groups in total. The smallest absolute Gasteiger partial charge is 0.408 e. The summed E-state index contributed by atoms with van der Waals surface area (Å²) < 4.78 is 10.6. The third kappa shape index (κ3) is 10.0. The maximum absolute atomic E-state index is 12.1. The Kier molecular flexibility index (Phi) is 7.87. The van der Waals surface area contributed by atoms with Crippen LogP contribution in [0.3, 0.4) is 0 Å². The summed E-state index contributed by atoms with van der Waals surface area (Å²) in [6.07, 6.45) is 1.32. The summed E-state index contributed by atoms with van der Waals surface area (Å²) in [6, 6.07) is 0. The summed E-state index contributed by atoms with van der Waals surface area (Å²) in [5.74, 6) is 0. The maximum atomic E-state index is 12.1. The third-order valence-electron chi connectivity index (χ3n) is 3.14. The second-order valence-electron chi connectivity index (χ2n) is 7.87. The van der Waals surface area contributed by atoms with Crippen LogP contribution in [0.1, 0.15) is 74.7 Å². The SMILES string of the molecule is CCCC(CC)(CNC(=O)OC(C)(C)C)NC(=O)OC(C)(C)C. The van der Waals surface area contributed by atoms with Gasteiger partial charge in [-0.15, -0.1) is 0 Å². The molecule has 0 rings (SSSR count). The van der Waals surface area contributed by atoms with Crippen LogP contribution >= 0.6 is 0 Å². The summed E-state index contributed by atoms with van der Waals surface area (Å²) in [6.45, 7) is 15.2. The van der Waals surface area contributed by atoms with Crippen LogP contribution in [0.15, 0.2) is 0 Å². The minimum absolute atomic E-state index is 0.297. The molecule has 0 aliphatic carbocycles. The highest BCUT2D eigenvalue weighted by Crippen LogP contribution is 2.19. The van der Waals surface area contributed by atoms with E-state index in [2.05, 4.69) is 10.6 Å². The van der Waals surface area contributed by atoms with Gasteiger partial charge < -0.3 is 20.1 Å². The highest BCUT2D eigenvalue weighted by Gasteiger charge is 2.32. The molecule has 6 nitrogen and oxygen atoms in total. The van der Waals surface area contributed by atoms with E-state index in [4.69, 9.17) is 9.47 Å². The Bertz CT molecular complexity index is 396. The van der Waals surface area contributed by atoms with Crippen molar-refractivity contribution in [2.75, 3.05) is 6.54 Å². The van der Waals surface area contributed by atoms with E-state index in [-0.39, 0.29) is 0 Å². The van der Waals surface area contributed by atoms with Crippen molar-refractivity contribution in [1.29, 1.82) is 0 Å². The molecular weight excluding hydrogens is 296 g/mol. The van der Waals surface area contributed by atoms with Crippen LogP contribution in [-0.4, -0.2) is 35.5 Å². The van der Waals surface area contributed by atoms with E-state index in [1.54, 1.807) is 0 Å². The highest BCUT2D eigenvalue weighted by molar-refractivity contribution is 5.70. The lowest BCUT2D eigenvalue weighted by Gasteiger charge is -2.35. The van der Waals surface area contributed by atoms with Crippen molar-refractivity contribution >= 4 is 12.2 Å². The molecule has 0 spiro atoms. The zero-order valence-corrected chi connectivity index (χ0v) is 16.0. The van der Waals surface area contributed by atoms with E-state index in [0.29, 0.717) is 13.0 Å². The number of alkyl carbamates (subject to hydrolysis) is 2. The zero-order valence-electron chi connectivity index (χ0n) is 16.0. The monoisotopic (exact) mass is 330 g/mol. The van der Waals surface area contributed by atoms with Crippen molar-refractivity contribution < 1.29 is 19.1 Å². The molecule has 0 aromatic heterocycles. The van der Waals surface area contributed by atoms with E-state index >= 15 is 0 Å². The minimum Gasteiger partial charge on any atom is -0.444 e. The molecule has 0 aliphatic rings. The summed E-state index contributed by atoms with van der Waals surface area (Å²) in [5, 5.41) is 5.68. The van der Waals surface area contributed by atoms with Crippen molar-refractivity contribution in [3.8, 4) is 0 Å². The number of hydrogen-bond acceptors (Lipinski definition) is 4. The van der Waals surface area contributed by atoms with Crippen LogP contribution in [0.2, 0.25) is 0 Å². The van der Waals surface area contributed by atoms with Gasteiger partial charge in [-0.25, -0.2) is 9.59 Å². The molecule has 1 unspecified atom stereocenters. The van der Waals surface area contributed by atoms with Crippen LogP contribution in [0.5, 0.6) is 0 Å². The Labute approximate surface area is 140 Å². The normalized spacial score (nSPS) is 14.6. The molecule has 0 bridgehead atoms. The molecule has 0 fully saturated rings. The van der Waals surface area contributed by atoms with Gasteiger partial charge in [-0.3, -0.25) is 0 Å². The van der Waals surface area contributed by atoms with Gasteiger partial charge in [0, 0.05) is 6.54 Å². The number of hydrogen-bond donors (Lipinski definition) is 2. The topological polar surface area (TPSA) is 76.7 Å². The number of carbonyl (C=O) groups excluding carboxylic acids is 2. The van der Waals surface area contributed by atoms with E-state index < -0.39 is 28.9 Å². The standard InChI is InChI=1S/C17H34N2O4/c1-9-11-17(10-2,19-14(21)23-16(6,7)8)12-18-13(20)22-15(3,4)5/h9-12H2,1-8H3,(H,18,20)(H,19,21). The van der Waals surface area contributed by atoms with E-state index in [1.807, 2.05) is 55.4 Å². The molecule has 0 radical (unpaired) electrons. The predicted octanol–water partition coefficient (Wildman–Crippen LogP) is 3.98. The van der Waals surface area contributed by atoms with Crippen molar-refractivity contribution in [1.82, 2.24) is 10.6 Å². The molecule has 0 saturated heterocycles. The summed E-state index contributed by atoms with van der Waals surface area (Å²) in [5.41, 5.74) is -1.66. The molecule has 2 amide bonds. The van der Waals surface area contributed by atoms with Crippen molar-refractivity contribution in [2.24, 2.45) is 0 Å². The lowest BCUT2D eigenvalue weighted by Crippen LogP contribution is -2.56. The largest absolute Gasteiger partial charge is 0.444 e. The van der Waals surface area contributed by atoms with Crippen LogP contribution in [-0.2, 0) is 9.47 Å². The molecule has 0 aromatic carbocycles. The lowest BCUT2D eigenvalue weighted by atomic mass is 9.90. The first-order valence-electron chi connectivity index (χ1n) is 8.30. The summed E-state index contributed by atoms with van der Waals surface area (Å²) in [4.78, 5) is 24.0. The van der Waals surface area contributed by atoms with E-state index in [9.17, 15) is 9.59 Å². The third-order valence-corrected chi connectivity index (χ3v) is 3.14. The number of ether oxygens (including phenoxy) is 2. The van der Waals surface area contributed by atoms with E-state index in [0.717, 1.165) is 12.8 Å². The lowest BCUT2D eigenvalue weighted by molar-refractivity contribution is 0.0396. The molecule has 0 saturated carbocycles. The van der Waals surface area contributed by atoms with Crippen molar-refractivity contribution in [3.63, 3.8) is 0 Å². The molecule has 0 aromatic rings. The van der Waals surface area contributed by atoms with Gasteiger partial charge in [0.25, 0.3) is 0 Å². The highest BCUT2D eigenvalue weighted by atomic mass is 16.6. The van der Waals surface area contributed by atoms with Gasteiger partial charge in [-0.05, 0) is 54.4 Å². The Morgan fingerprint density at radius 1 is 0.870 bits per heavy atom. The Hall–Kier alpha value is -1.46. The van der Waals surface area contributed by atoms with Crippen molar-refractivity contribution in [3.05, 3.63) is 0 Å². The number of amides is 2. The number of rotatable bonds is 6. The molecule has 136 valence electrons. The summed E-state index contributed by atoms with van der Waals surface area (Å²) in [7, 11) is 0. The molecular formula is C17H34N2O4. The van der Waals surface area contributed by atoms with Crippen molar-refractivity contribution in [2.45, 2.75) is 91.4 Å². The molecule has 0 heterocycles. The zero-order chi connectivity index (χ0) is 18.3. The van der Waals surface area contributed by atoms with Gasteiger partial charge in [-0.1, -0.05) is 20.3 Å². The predicted molar refractivity (Wildman–Crippen MR) is 91.5 cm³/mol. The molecule has 1 atom stereocenters. The van der Waals surface area contributed by atoms with Gasteiger partial charge in [0.05, 0.1) is 5.54 Å². The average Bonchev–Trinajstić information content (AvgIpc) is 2.31. The van der Waals surface area contributed by atoms with Crippen LogP contribution in [0.4, 0.5) is 9.59 Å². The van der Waals surface area contributed by atoms with Crippen LogP contribution < -0.4 is 10.6 Å². The van der Waals surface area contributed by atoms with Gasteiger partial charge in [0.2, 0.25) is 0 Å². The summed E-state index contributed by atoms with van der Waals surface area (Å²) >= 11 is 0. The Balaban J connectivity index is 4.84. The Morgan fingerprint density at radius 2 is 1.35 bits per heavy atom. The van der Waals surface area contributed by atoms with Gasteiger partial charge in [0.15, 0.2) is 0 Å². The molecule has 0 aliphatic heterocycles. The quantitative estimate of drug-likeness (QED) is 0.772. The molecule has 23 heavy (non-hydrogen) atoms. The fraction of sp³-hybridized carbons (Fsp3) is 0.882. The van der Waals surface area contributed by atoms with Gasteiger partial charge in [0.1, 0.15) is 11.2 Å². The van der Waals surface area contributed by atoms with Gasteiger partial charge >= 0.3 is 12.2 Å². The number of carbonyl (C=O) groups is 2. The van der Waals surface area contributed by atoms with Crippen LogP contribution in [0.25, 0.3) is 0 Å².